The Kier molecular flexibility index (Phi) is 3.82. The van der Waals surface area contributed by atoms with Crippen LogP contribution >= 0.6 is 0 Å². The zero-order valence-electron chi connectivity index (χ0n) is 10.9. The van der Waals surface area contributed by atoms with Crippen molar-refractivity contribution in [2.24, 2.45) is 0 Å². The summed E-state index contributed by atoms with van der Waals surface area (Å²) in [7, 11) is 1.71. The normalized spacial score (nSPS) is 18.0. The summed E-state index contributed by atoms with van der Waals surface area (Å²) in [4.78, 5) is 11.5. The minimum atomic E-state index is -0.389. The Bertz CT molecular complexity index is 477. The van der Waals surface area contributed by atoms with E-state index in [9.17, 15) is 4.79 Å². The molecule has 1 aliphatic rings. The SMILES string of the molecule is C=C(C)C(=O)Oc1ccc2c(c1)C(OC)CCC2. The summed E-state index contributed by atoms with van der Waals surface area (Å²) in [5.41, 5.74) is 2.81. The Balaban J connectivity index is 2.25. The topological polar surface area (TPSA) is 35.5 Å². The molecule has 1 atom stereocenters. The van der Waals surface area contributed by atoms with Crippen LogP contribution in [-0.4, -0.2) is 13.1 Å². The molecule has 1 aliphatic carbocycles. The molecule has 0 spiro atoms. The third kappa shape index (κ3) is 2.62. The number of fused-ring (bicyclic) bond motifs is 1. The van der Waals surface area contributed by atoms with Crippen LogP contribution in [0.25, 0.3) is 0 Å². The lowest BCUT2D eigenvalue weighted by molar-refractivity contribution is -0.130. The molecule has 1 unspecified atom stereocenters. The van der Waals surface area contributed by atoms with Crippen LogP contribution < -0.4 is 4.74 Å². The van der Waals surface area contributed by atoms with E-state index in [0.29, 0.717) is 11.3 Å². The van der Waals surface area contributed by atoms with Gasteiger partial charge in [-0.2, -0.15) is 0 Å². The molecule has 18 heavy (non-hydrogen) atoms. The summed E-state index contributed by atoms with van der Waals surface area (Å²) in [6.07, 6.45) is 3.32. The van der Waals surface area contributed by atoms with Crippen molar-refractivity contribution >= 4 is 5.97 Å². The number of carbonyl (C=O) groups excluding carboxylic acids is 1. The maximum atomic E-state index is 11.5. The van der Waals surface area contributed by atoms with E-state index in [2.05, 4.69) is 6.58 Å². The van der Waals surface area contributed by atoms with Gasteiger partial charge in [-0.1, -0.05) is 12.6 Å². The monoisotopic (exact) mass is 246 g/mol. The molecule has 3 heteroatoms. The minimum absolute atomic E-state index is 0.109. The van der Waals surface area contributed by atoms with Gasteiger partial charge in [0.05, 0.1) is 6.10 Å². The Morgan fingerprint density at radius 3 is 2.89 bits per heavy atom. The third-order valence-corrected chi connectivity index (χ3v) is 3.22. The van der Waals surface area contributed by atoms with Crippen LogP contribution in [0.3, 0.4) is 0 Å². The van der Waals surface area contributed by atoms with E-state index in [1.165, 1.54) is 5.56 Å². The van der Waals surface area contributed by atoms with Gasteiger partial charge in [0.25, 0.3) is 0 Å². The summed E-state index contributed by atoms with van der Waals surface area (Å²) < 4.78 is 10.7. The van der Waals surface area contributed by atoms with Crippen molar-refractivity contribution in [1.82, 2.24) is 0 Å². The van der Waals surface area contributed by atoms with Crippen LogP contribution in [-0.2, 0) is 16.0 Å². The number of aryl methyl sites for hydroxylation is 1. The number of hydrogen-bond acceptors (Lipinski definition) is 3. The van der Waals surface area contributed by atoms with E-state index in [1.807, 2.05) is 18.2 Å². The number of rotatable bonds is 3. The largest absolute Gasteiger partial charge is 0.423 e. The average Bonchev–Trinajstić information content (AvgIpc) is 2.37. The standard InChI is InChI=1S/C15H18O3/c1-10(2)15(16)18-12-8-7-11-5-4-6-14(17-3)13(11)9-12/h7-9,14H,1,4-6H2,2-3H3. The van der Waals surface area contributed by atoms with Gasteiger partial charge in [-0.3, -0.25) is 0 Å². The summed E-state index contributed by atoms with van der Waals surface area (Å²) in [6.45, 7) is 5.21. The Hall–Kier alpha value is -1.61. The van der Waals surface area contributed by atoms with E-state index in [4.69, 9.17) is 9.47 Å². The van der Waals surface area contributed by atoms with Crippen molar-refractivity contribution in [2.75, 3.05) is 7.11 Å². The number of carbonyl (C=O) groups is 1. The van der Waals surface area contributed by atoms with E-state index in [-0.39, 0.29) is 12.1 Å². The van der Waals surface area contributed by atoms with Gasteiger partial charge in [-0.15, -0.1) is 0 Å². The molecule has 0 heterocycles. The van der Waals surface area contributed by atoms with Crippen LogP contribution in [0, 0.1) is 0 Å². The highest BCUT2D eigenvalue weighted by Gasteiger charge is 2.20. The van der Waals surface area contributed by atoms with E-state index in [1.54, 1.807) is 14.0 Å². The molecule has 1 aromatic carbocycles. The van der Waals surface area contributed by atoms with Crippen LogP contribution in [0.1, 0.15) is 37.0 Å². The van der Waals surface area contributed by atoms with E-state index < -0.39 is 0 Å². The molecule has 2 rings (SSSR count). The second-order valence-electron chi connectivity index (χ2n) is 4.65. The number of esters is 1. The van der Waals surface area contributed by atoms with Crippen molar-refractivity contribution in [2.45, 2.75) is 32.3 Å². The summed E-state index contributed by atoms with van der Waals surface area (Å²) in [5, 5.41) is 0. The quantitative estimate of drug-likeness (QED) is 0.467. The molecule has 0 saturated carbocycles. The molecule has 0 aromatic heterocycles. The molecule has 1 aromatic rings. The number of benzene rings is 1. The number of hydrogen-bond donors (Lipinski definition) is 0. The maximum Gasteiger partial charge on any atom is 0.338 e. The summed E-state index contributed by atoms with van der Waals surface area (Å²) >= 11 is 0. The lowest BCUT2D eigenvalue weighted by Crippen LogP contribution is -2.13. The molecule has 0 N–H and O–H groups in total. The molecular formula is C15H18O3. The molecule has 0 fully saturated rings. The second kappa shape index (κ2) is 5.36. The van der Waals surface area contributed by atoms with Crippen LogP contribution in [0.2, 0.25) is 0 Å². The van der Waals surface area contributed by atoms with Crippen LogP contribution in [0.5, 0.6) is 5.75 Å². The van der Waals surface area contributed by atoms with Gasteiger partial charge in [0.15, 0.2) is 0 Å². The van der Waals surface area contributed by atoms with Crippen LogP contribution in [0.4, 0.5) is 0 Å². The van der Waals surface area contributed by atoms with Gasteiger partial charge in [0.1, 0.15) is 5.75 Å². The fourth-order valence-electron chi connectivity index (χ4n) is 2.24. The zero-order chi connectivity index (χ0) is 13.1. The van der Waals surface area contributed by atoms with Gasteiger partial charge in [-0.25, -0.2) is 4.79 Å². The molecule has 0 amide bonds. The first-order chi connectivity index (χ1) is 8.61. The fraction of sp³-hybridized carbons (Fsp3) is 0.400. The Morgan fingerprint density at radius 2 is 2.22 bits per heavy atom. The fourth-order valence-corrected chi connectivity index (χ4v) is 2.24. The highest BCUT2D eigenvalue weighted by Crippen LogP contribution is 2.34. The molecule has 96 valence electrons. The molecule has 3 nitrogen and oxygen atoms in total. The molecule has 0 bridgehead atoms. The van der Waals surface area contributed by atoms with Crippen molar-refractivity contribution in [1.29, 1.82) is 0 Å². The molecule has 0 aliphatic heterocycles. The van der Waals surface area contributed by atoms with Gasteiger partial charge >= 0.3 is 5.97 Å². The smallest absolute Gasteiger partial charge is 0.338 e. The van der Waals surface area contributed by atoms with E-state index >= 15 is 0 Å². The zero-order valence-corrected chi connectivity index (χ0v) is 10.9. The lowest BCUT2D eigenvalue weighted by atomic mass is 9.89. The van der Waals surface area contributed by atoms with Crippen molar-refractivity contribution in [3.05, 3.63) is 41.5 Å². The first-order valence-electron chi connectivity index (χ1n) is 6.15. The molecule has 0 radical (unpaired) electrons. The van der Waals surface area contributed by atoms with Gasteiger partial charge < -0.3 is 9.47 Å². The van der Waals surface area contributed by atoms with E-state index in [0.717, 1.165) is 24.8 Å². The third-order valence-electron chi connectivity index (χ3n) is 3.22. The number of ether oxygens (including phenoxy) is 2. The average molecular weight is 246 g/mol. The Labute approximate surface area is 107 Å². The molecule has 0 saturated heterocycles. The van der Waals surface area contributed by atoms with Crippen molar-refractivity contribution in [3.63, 3.8) is 0 Å². The lowest BCUT2D eigenvalue weighted by Gasteiger charge is -2.24. The highest BCUT2D eigenvalue weighted by atomic mass is 16.5. The second-order valence-corrected chi connectivity index (χ2v) is 4.65. The van der Waals surface area contributed by atoms with Crippen molar-refractivity contribution < 1.29 is 14.3 Å². The molecular weight excluding hydrogens is 228 g/mol. The summed E-state index contributed by atoms with van der Waals surface area (Å²) in [5.74, 6) is 0.172. The minimum Gasteiger partial charge on any atom is -0.423 e. The Morgan fingerprint density at radius 1 is 1.44 bits per heavy atom. The first kappa shape index (κ1) is 12.8. The predicted molar refractivity (Wildman–Crippen MR) is 69.6 cm³/mol. The number of methoxy groups -OCH3 is 1. The van der Waals surface area contributed by atoms with Crippen molar-refractivity contribution in [3.8, 4) is 5.75 Å². The van der Waals surface area contributed by atoms with Gasteiger partial charge in [0, 0.05) is 12.7 Å². The highest BCUT2D eigenvalue weighted by molar-refractivity contribution is 5.88. The first-order valence-corrected chi connectivity index (χ1v) is 6.15. The van der Waals surface area contributed by atoms with Gasteiger partial charge in [0.2, 0.25) is 0 Å². The van der Waals surface area contributed by atoms with Gasteiger partial charge in [-0.05, 0) is 49.4 Å². The summed E-state index contributed by atoms with van der Waals surface area (Å²) in [6, 6.07) is 5.75. The predicted octanol–water partition coefficient (Wildman–Crippen LogP) is 3.19. The van der Waals surface area contributed by atoms with Crippen LogP contribution in [0.15, 0.2) is 30.4 Å². The maximum absolute atomic E-state index is 11.5.